The van der Waals surface area contributed by atoms with Crippen LogP contribution in [0.1, 0.15) is 48.9 Å². The molecule has 5 nitrogen and oxygen atoms in total. The van der Waals surface area contributed by atoms with Gasteiger partial charge >= 0.3 is 0 Å². The van der Waals surface area contributed by atoms with Crippen molar-refractivity contribution in [3.63, 3.8) is 0 Å². The number of anilines is 1. The minimum absolute atomic E-state index is 0.637. The normalized spacial score (nSPS) is 14.0. The molecule has 3 heterocycles. The Balaban J connectivity index is 1.46. The Hall–Kier alpha value is -0.900. The third-order valence-electron chi connectivity index (χ3n) is 4.33. The summed E-state index contributed by atoms with van der Waals surface area (Å²) in [4.78, 5) is 11.9. The second-order valence-corrected chi connectivity index (χ2v) is 10.9. The van der Waals surface area contributed by atoms with Crippen LogP contribution in [0.5, 0.6) is 0 Å². The first-order valence-electron chi connectivity index (χ1n) is 8.90. The van der Waals surface area contributed by atoms with Crippen LogP contribution in [0.4, 0.5) is 5.82 Å². The SMILES string of the molecule is CCCCSc1nnc(SCc2nc(N)c3c4c(sc3n2)CCCC4)s1. The van der Waals surface area contributed by atoms with Gasteiger partial charge in [0.25, 0.3) is 0 Å². The lowest BCUT2D eigenvalue weighted by molar-refractivity contribution is 0.700. The van der Waals surface area contributed by atoms with Crippen LogP contribution < -0.4 is 5.73 Å². The molecule has 0 amide bonds. The van der Waals surface area contributed by atoms with Crippen LogP contribution in [0.15, 0.2) is 8.68 Å². The van der Waals surface area contributed by atoms with Crippen molar-refractivity contribution in [2.45, 2.75) is 59.9 Å². The largest absolute Gasteiger partial charge is 0.383 e. The number of thiophene rings is 1. The topological polar surface area (TPSA) is 77.6 Å². The number of fused-ring (bicyclic) bond motifs is 3. The molecule has 3 aromatic heterocycles. The Morgan fingerprint density at radius 2 is 1.85 bits per heavy atom. The van der Waals surface area contributed by atoms with Gasteiger partial charge in [0.05, 0.1) is 11.1 Å². The average molecular weight is 424 g/mol. The number of unbranched alkanes of at least 4 members (excludes halogenated alkanes) is 1. The predicted molar refractivity (Wildman–Crippen MR) is 114 cm³/mol. The van der Waals surface area contributed by atoms with Gasteiger partial charge < -0.3 is 5.73 Å². The molecule has 0 unspecified atom stereocenters. The van der Waals surface area contributed by atoms with Gasteiger partial charge in [0.1, 0.15) is 16.5 Å². The van der Waals surface area contributed by atoms with Crippen molar-refractivity contribution < 1.29 is 0 Å². The summed E-state index contributed by atoms with van der Waals surface area (Å²) in [6.45, 7) is 2.20. The van der Waals surface area contributed by atoms with E-state index in [4.69, 9.17) is 10.7 Å². The molecule has 0 aliphatic heterocycles. The molecule has 0 bridgehead atoms. The van der Waals surface area contributed by atoms with Crippen molar-refractivity contribution in [3.05, 3.63) is 16.3 Å². The zero-order chi connectivity index (χ0) is 17.9. The summed E-state index contributed by atoms with van der Waals surface area (Å²) >= 11 is 6.88. The van der Waals surface area contributed by atoms with Gasteiger partial charge in [0.2, 0.25) is 0 Å². The quantitative estimate of drug-likeness (QED) is 0.414. The first kappa shape index (κ1) is 18.5. The molecular formula is C17H21N5S4. The number of hydrogen-bond acceptors (Lipinski definition) is 9. The lowest BCUT2D eigenvalue weighted by Crippen LogP contribution is -2.02. The summed E-state index contributed by atoms with van der Waals surface area (Å²) < 4.78 is 2.01. The molecule has 26 heavy (non-hydrogen) atoms. The van der Waals surface area contributed by atoms with E-state index in [1.165, 1.54) is 36.1 Å². The minimum atomic E-state index is 0.637. The number of rotatable bonds is 7. The Morgan fingerprint density at radius 1 is 1.04 bits per heavy atom. The standard InChI is InChI=1S/C17H21N5S4/c1-2-3-8-23-16-21-22-17(26-16)24-9-12-19-14(18)13-10-6-4-5-7-11(10)25-15(13)20-12/h2-9H2,1H3,(H2,18,19,20). The molecule has 3 aromatic rings. The van der Waals surface area contributed by atoms with E-state index in [0.717, 1.165) is 43.3 Å². The molecule has 0 saturated carbocycles. The Kier molecular flexibility index (Phi) is 5.97. The second-order valence-electron chi connectivity index (χ2n) is 6.24. The Morgan fingerprint density at radius 3 is 2.69 bits per heavy atom. The van der Waals surface area contributed by atoms with Gasteiger partial charge in [-0.3, -0.25) is 0 Å². The van der Waals surface area contributed by atoms with E-state index in [2.05, 4.69) is 22.1 Å². The monoisotopic (exact) mass is 423 g/mol. The summed E-state index contributed by atoms with van der Waals surface area (Å²) in [6.07, 6.45) is 7.20. The maximum Gasteiger partial charge on any atom is 0.175 e. The molecule has 1 aliphatic rings. The van der Waals surface area contributed by atoms with Crippen LogP contribution in [0.3, 0.4) is 0 Å². The van der Waals surface area contributed by atoms with Crippen molar-refractivity contribution in [1.29, 1.82) is 0 Å². The van der Waals surface area contributed by atoms with Crippen molar-refractivity contribution in [3.8, 4) is 0 Å². The lowest BCUT2D eigenvalue weighted by Gasteiger charge is -2.10. The maximum atomic E-state index is 6.28. The van der Waals surface area contributed by atoms with Crippen LogP contribution in [0, 0.1) is 0 Å². The molecule has 0 atom stereocenters. The third-order valence-corrected chi connectivity index (χ3v) is 8.78. The van der Waals surface area contributed by atoms with Gasteiger partial charge in [-0.05, 0) is 37.7 Å². The molecule has 9 heteroatoms. The smallest absolute Gasteiger partial charge is 0.175 e. The highest BCUT2D eigenvalue weighted by atomic mass is 32.2. The van der Waals surface area contributed by atoms with E-state index in [1.54, 1.807) is 46.2 Å². The number of nitrogens with zero attached hydrogens (tertiary/aromatic N) is 4. The molecule has 2 N–H and O–H groups in total. The van der Waals surface area contributed by atoms with E-state index in [9.17, 15) is 0 Å². The zero-order valence-electron chi connectivity index (χ0n) is 14.7. The fourth-order valence-electron chi connectivity index (χ4n) is 3.04. The summed E-state index contributed by atoms with van der Waals surface area (Å²) in [6, 6.07) is 0. The van der Waals surface area contributed by atoms with Crippen LogP contribution in [-0.4, -0.2) is 25.9 Å². The summed E-state index contributed by atoms with van der Waals surface area (Å²) in [5, 5.41) is 9.63. The number of nitrogen functional groups attached to an aromatic ring is 1. The van der Waals surface area contributed by atoms with Gasteiger partial charge in [0, 0.05) is 10.6 Å². The van der Waals surface area contributed by atoms with Crippen molar-refractivity contribution >= 4 is 62.2 Å². The second kappa shape index (κ2) is 8.41. The maximum absolute atomic E-state index is 6.28. The van der Waals surface area contributed by atoms with Crippen LogP contribution in [0.25, 0.3) is 10.2 Å². The van der Waals surface area contributed by atoms with Gasteiger partial charge in [-0.25, -0.2) is 9.97 Å². The fraction of sp³-hybridized carbons (Fsp3) is 0.529. The zero-order valence-corrected chi connectivity index (χ0v) is 17.9. The first-order chi connectivity index (χ1) is 12.7. The van der Waals surface area contributed by atoms with Crippen molar-refractivity contribution in [1.82, 2.24) is 20.2 Å². The predicted octanol–water partition coefficient (Wildman–Crippen LogP) is 5.19. The molecule has 0 aromatic carbocycles. The summed E-state index contributed by atoms with van der Waals surface area (Å²) in [7, 11) is 0. The Bertz CT molecular complexity index is 904. The Labute approximate surface area is 169 Å². The number of aryl methyl sites for hydroxylation is 2. The summed E-state index contributed by atoms with van der Waals surface area (Å²) in [5.41, 5.74) is 7.68. The molecular weight excluding hydrogens is 402 g/mol. The van der Waals surface area contributed by atoms with E-state index >= 15 is 0 Å². The number of nitrogens with two attached hydrogens (primary N) is 1. The van der Waals surface area contributed by atoms with E-state index in [1.807, 2.05) is 0 Å². The number of hydrogen-bond donors (Lipinski definition) is 1. The lowest BCUT2D eigenvalue weighted by atomic mass is 9.97. The van der Waals surface area contributed by atoms with Crippen molar-refractivity contribution in [2.75, 3.05) is 11.5 Å². The average Bonchev–Trinajstić information content (AvgIpc) is 3.24. The molecule has 4 rings (SSSR count). The fourth-order valence-corrected chi connectivity index (χ4v) is 7.36. The van der Waals surface area contributed by atoms with Crippen LogP contribution in [0.2, 0.25) is 0 Å². The molecule has 0 saturated heterocycles. The van der Waals surface area contributed by atoms with Gasteiger partial charge in [-0.1, -0.05) is 48.2 Å². The summed E-state index contributed by atoms with van der Waals surface area (Å²) in [5.74, 6) is 3.21. The molecule has 0 spiro atoms. The van der Waals surface area contributed by atoms with Crippen molar-refractivity contribution in [2.24, 2.45) is 0 Å². The molecule has 0 fully saturated rings. The highest BCUT2D eigenvalue weighted by Crippen LogP contribution is 2.38. The van der Waals surface area contributed by atoms with E-state index in [-0.39, 0.29) is 0 Å². The van der Waals surface area contributed by atoms with E-state index in [0.29, 0.717) is 11.6 Å². The highest BCUT2D eigenvalue weighted by molar-refractivity contribution is 8.02. The first-order valence-corrected chi connectivity index (χ1v) is 12.5. The van der Waals surface area contributed by atoms with Gasteiger partial charge in [-0.15, -0.1) is 21.5 Å². The molecule has 0 radical (unpaired) electrons. The molecule has 138 valence electrons. The third kappa shape index (κ3) is 4.00. The van der Waals surface area contributed by atoms with E-state index < -0.39 is 0 Å². The molecule has 1 aliphatic carbocycles. The minimum Gasteiger partial charge on any atom is -0.383 e. The number of thioether (sulfide) groups is 2. The van der Waals surface area contributed by atoms with Gasteiger partial charge in [0.15, 0.2) is 8.68 Å². The van der Waals surface area contributed by atoms with Crippen LogP contribution >= 0.6 is 46.2 Å². The van der Waals surface area contributed by atoms with Gasteiger partial charge in [-0.2, -0.15) is 0 Å². The number of aromatic nitrogens is 4. The highest BCUT2D eigenvalue weighted by Gasteiger charge is 2.20. The van der Waals surface area contributed by atoms with Crippen LogP contribution in [-0.2, 0) is 18.6 Å².